The standard InChI is InChI=1S/C27H17N3/c1-3-9-20-19(8-1)17-29-27(22-15-16-28-24-12-6-4-10-21(22)24)26(20)25-14-13-18-7-2-5-11-23(18)30-25/h1-17H. The molecule has 3 heteroatoms. The predicted molar refractivity (Wildman–Crippen MR) is 123 cm³/mol. The number of nitrogens with zero attached hydrogens (tertiary/aromatic N) is 3. The first-order chi connectivity index (χ1) is 14.9. The van der Waals surface area contributed by atoms with Crippen LogP contribution in [0.25, 0.3) is 55.1 Å². The van der Waals surface area contributed by atoms with Crippen LogP contribution >= 0.6 is 0 Å². The fraction of sp³-hybridized carbons (Fsp3) is 0. The van der Waals surface area contributed by atoms with Crippen LogP contribution in [0.1, 0.15) is 0 Å². The molecule has 0 spiro atoms. The van der Waals surface area contributed by atoms with E-state index in [1.807, 2.05) is 54.9 Å². The number of rotatable bonds is 2. The molecule has 3 aromatic heterocycles. The summed E-state index contributed by atoms with van der Waals surface area (Å²) >= 11 is 0. The van der Waals surface area contributed by atoms with Crippen LogP contribution in [0.3, 0.4) is 0 Å². The van der Waals surface area contributed by atoms with Gasteiger partial charge in [-0.1, -0.05) is 66.7 Å². The van der Waals surface area contributed by atoms with E-state index in [0.29, 0.717) is 0 Å². The van der Waals surface area contributed by atoms with Gasteiger partial charge in [-0.3, -0.25) is 9.97 Å². The molecule has 3 heterocycles. The lowest BCUT2D eigenvalue weighted by Crippen LogP contribution is -1.95. The Balaban J connectivity index is 1.73. The molecule has 0 aliphatic carbocycles. The molecule has 140 valence electrons. The minimum atomic E-state index is 0.925. The van der Waals surface area contributed by atoms with Crippen LogP contribution in [0.5, 0.6) is 0 Å². The number of fused-ring (bicyclic) bond motifs is 3. The van der Waals surface area contributed by atoms with Gasteiger partial charge in [0.25, 0.3) is 0 Å². The number of pyridine rings is 3. The van der Waals surface area contributed by atoms with E-state index in [1.54, 1.807) is 0 Å². The monoisotopic (exact) mass is 383 g/mol. The summed E-state index contributed by atoms with van der Waals surface area (Å²) in [6.45, 7) is 0. The number of hydrogen-bond acceptors (Lipinski definition) is 3. The van der Waals surface area contributed by atoms with Crippen molar-refractivity contribution in [3.8, 4) is 22.5 Å². The number of aromatic nitrogens is 3. The second-order valence-corrected chi connectivity index (χ2v) is 7.33. The fourth-order valence-electron chi connectivity index (χ4n) is 4.13. The van der Waals surface area contributed by atoms with Gasteiger partial charge in [-0.25, -0.2) is 4.98 Å². The van der Waals surface area contributed by atoms with E-state index in [4.69, 9.17) is 9.97 Å². The third-order valence-electron chi connectivity index (χ3n) is 5.56. The third-order valence-corrected chi connectivity index (χ3v) is 5.56. The summed E-state index contributed by atoms with van der Waals surface area (Å²) in [5.74, 6) is 0. The van der Waals surface area contributed by atoms with Crippen molar-refractivity contribution in [3.05, 3.63) is 103 Å². The largest absolute Gasteiger partial charge is 0.256 e. The lowest BCUT2D eigenvalue weighted by Gasteiger charge is -2.14. The van der Waals surface area contributed by atoms with E-state index < -0.39 is 0 Å². The van der Waals surface area contributed by atoms with Gasteiger partial charge in [-0.05, 0) is 29.7 Å². The van der Waals surface area contributed by atoms with E-state index in [9.17, 15) is 0 Å². The van der Waals surface area contributed by atoms with Gasteiger partial charge in [0, 0.05) is 39.7 Å². The Kier molecular flexibility index (Phi) is 3.78. The molecular weight excluding hydrogens is 366 g/mol. The molecular formula is C27H17N3. The molecule has 6 rings (SSSR count). The van der Waals surface area contributed by atoms with Crippen molar-refractivity contribution >= 4 is 32.6 Å². The highest BCUT2D eigenvalue weighted by molar-refractivity contribution is 6.06. The van der Waals surface area contributed by atoms with Crippen molar-refractivity contribution in [1.82, 2.24) is 15.0 Å². The Labute approximate surface area is 173 Å². The second kappa shape index (κ2) is 6.75. The van der Waals surface area contributed by atoms with Crippen molar-refractivity contribution in [1.29, 1.82) is 0 Å². The maximum Gasteiger partial charge on any atom is 0.0809 e. The summed E-state index contributed by atoms with van der Waals surface area (Å²) in [6, 6.07) is 31.0. The minimum Gasteiger partial charge on any atom is -0.256 e. The van der Waals surface area contributed by atoms with Crippen molar-refractivity contribution in [3.63, 3.8) is 0 Å². The summed E-state index contributed by atoms with van der Waals surface area (Å²) in [4.78, 5) is 14.5. The molecule has 3 aromatic carbocycles. The first-order valence-electron chi connectivity index (χ1n) is 9.96. The van der Waals surface area contributed by atoms with Crippen LogP contribution in [0.2, 0.25) is 0 Å². The highest BCUT2D eigenvalue weighted by atomic mass is 14.7. The zero-order chi connectivity index (χ0) is 19.9. The van der Waals surface area contributed by atoms with Gasteiger partial charge in [0.15, 0.2) is 0 Å². The van der Waals surface area contributed by atoms with Crippen molar-refractivity contribution in [2.75, 3.05) is 0 Å². The summed E-state index contributed by atoms with van der Waals surface area (Å²) in [6.07, 6.45) is 3.80. The molecule has 0 atom stereocenters. The Morgan fingerprint density at radius 2 is 1.27 bits per heavy atom. The number of para-hydroxylation sites is 2. The quantitative estimate of drug-likeness (QED) is 0.335. The molecule has 0 fully saturated rings. The molecule has 0 aliphatic heterocycles. The van der Waals surface area contributed by atoms with Crippen LogP contribution in [-0.2, 0) is 0 Å². The number of benzene rings is 3. The highest BCUT2D eigenvalue weighted by Crippen LogP contribution is 2.38. The molecule has 0 bridgehead atoms. The van der Waals surface area contributed by atoms with Crippen molar-refractivity contribution < 1.29 is 0 Å². The first-order valence-corrected chi connectivity index (χ1v) is 9.96. The highest BCUT2D eigenvalue weighted by Gasteiger charge is 2.17. The van der Waals surface area contributed by atoms with Crippen molar-refractivity contribution in [2.45, 2.75) is 0 Å². The number of hydrogen-bond donors (Lipinski definition) is 0. The third kappa shape index (κ3) is 2.64. The SMILES string of the molecule is c1ccc2nc(-c3c(-c4ccnc5ccccc45)ncc4ccccc34)ccc2c1. The van der Waals surface area contributed by atoms with Gasteiger partial charge in [-0.15, -0.1) is 0 Å². The normalized spacial score (nSPS) is 11.3. The molecule has 0 amide bonds. The molecule has 3 nitrogen and oxygen atoms in total. The second-order valence-electron chi connectivity index (χ2n) is 7.33. The summed E-state index contributed by atoms with van der Waals surface area (Å²) in [7, 11) is 0. The maximum atomic E-state index is 5.01. The molecule has 0 aliphatic rings. The maximum absolute atomic E-state index is 5.01. The molecule has 0 saturated heterocycles. The molecule has 0 radical (unpaired) electrons. The molecule has 0 unspecified atom stereocenters. The zero-order valence-electron chi connectivity index (χ0n) is 16.2. The topological polar surface area (TPSA) is 38.7 Å². The summed E-state index contributed by atoms with van der Waals surface area (Å²) in [5.41, 5.74) is 5.91. The smallest absolute Gasteiger partial charge is 0.0809 e. The molecule has 6 aromatic rings. The van der Waals surface area contributed by atoms with Gasteiger partial charge in [0.05, 0.1) is 22.4 Å². The van der Waals surface area contributed by atoms with Gasteiger partial charge in [0.1, 0.15) is 0 Å². The Morgan fingerprint density at radius 3 is 2.17 bits per heavy atom. The van der Waals surface area contributed by atoms with Crippen LogP contribution in [-0.4, -0.2) is 15.0 Å². The first kappa shape index (κ1) is 16.8. The lowest BCUT2D eigenvalue weighted by atomic mass is 9.95. The fourth-order valence-corrected chi connectivity index (χ4v) is 4.13. The van der Waals surface area contributed by atoms with E-state index in [-0.39, 0.29) is 0 Å². The van der Waals surface area contributed by atoms with Crippen molar-refractivity contribution in [2.24, 2.45) is 0 Å². The Morgan fingerprint density at radius 1 is 0.533 bits per heavy atom. The van der Waals surface area contributed by atoms with Gasteiger partial charge >= 0.3 is 0 Å². The molecule has 30 heavy (non-hydrogen) atoms. The lowest BCUT2D eigenvalue weighted by molar-refractivity contribution is 1.32. The van der Waals surface area contributed by atoms with Crippen LogP contribution in [0.15, 0.2) is 103 Å². The van der Waals surface area contributed by atoms with Crippen LogP contribution in [0, 0.1) is 0 Å². The zero-order valence-corrected chi connectivity index (χ0v) is 16.2. The van der Waals surface area contributed by atoms with E-state index in [2.05, 4.69) is 53.5 Å². The Hall–Kier alpha value is -4.11. The van der Waals surface area contributed by atoms with Crippen LogP contribution in [0.4, 0.5) is 0 Å². The summed E-state index contributed by atoms with van der Waals surface area (Å²) < 4.78 is 0. The van der Waals surface area contributed by atoms with E-state index in [1.165, 1.54) is 0 Å². The van der Waals surface area contributed by atoms with Gasteiger partial charge in [-0.2, -0.15) is 0 Å². The average molecular weight is 383 g/mol. The summed E-state index contributed by atoms with van der Waals surface area (Å²) in [5, 5.41) is 4.46. The Bertz CT molecular complexity index is 1550. The van der Waals surface area contributed by atoms with Gasteiger partial charge in [0.2, 0.25) is 0 Å². The van der Waals surface area contributed by atoms with Gasteiger partial charge < -0.3 is 0 Å². The average Bonchev–Trinajstić information content (AvgIpc) is 2.82. The minimum absolute atomic E-state index is 0.925. The molecule has 0 saturated carbocycles. The van der Waals surface area contributed by atoms with E-state index in [0.717, 1.165) is 55.1 Å². The predicted octanol–water partition coefficient (Wildman–Crippen LogP) is 6.67. The van der Waals surface area contributed by atoms with Crippen LogP contribution < -0.4 is 0 Å². The molecule has 0 N–H and O–H groups in total. The van der Waals surface area contributed by atoms with E-state index >= 15 is 0 Å².